The maximum atomic E-state index is 14.2. The lowest BCUT2D eigenvalue weighted by Gasteiger charge is -2.28. The highest BCUT2D eigenvalue weighted by molar-refractivity contribution is 5.86. The molecule has 1 amide bonds. The van der Waals surface area contributed by atoms with Crippen LogP contribution in [0.2, 0.25) is 0 Å². The Hall–Kier alpha value is -3.35. The molecule has 1 aliphatic heterocycles. The van der Waals surface area contributed by atoms with Crippen LogP contribution in [0.5, 0.6) is 0 Å². The summed E-state index contributed by atoms with van der Waals surface area (Å²) in [6.45, 7) is 4.93. The summed E-state index contributed by atoms with van der Waals surface area (Å²) in [5.74, 6) is -2.83. The number of nitroso groups, excluding NO2 is 1. The van der Waals surface area contributed by atoms with Crippen molar-refractivity contribution >= 4 is 16.8 Å². The monoisotopic (exact) mass is 418 g/mol. The second-order valence-corrected chi connectivity index (χ2v) is 7.71. The van der Waals surface area contributed by atoms with Gasteiger partial charge in [0, 0.05) is 16.9 Å². The van der Waals surface area contributed by atoms with Crippen LogP contribution < -0.4 is 16.3 Å². The van der Waals surface area contributed by atoms with Gasteiger partial charge in [0.1, 0.15) is 4.87 Å². The number of aryl methyl sites for hydroxylation is 1. The van der Waals surface area contributed by atoms with Crippen molar-refractivity contribution in [2.75, 3.05) is 0 Å². The molecule has 10 heteroatoms. The molecule has 3 unspecified atom stereocenters. The smallest absolute Gasteiger partial charge is 0.256 e. The number of fused-ring (bicyclic) bond motifs is 1. The van der Waals surface area contributed by atoms with Crippen molar-refractivity contribution in [1.29, 1.82) is 5.26 Å². The SMILES string of the molecule is Cc1c(CC(=O)N[C@@H](C)C2C(C)CC(C#N)N[N+]2=O)c(=O)[nH]c2ccc(F)c(F)c12. The number of nitrogens with one attached hydrogen (secondary N) is 3. The van der Waals surface area contributed by atoms with Crippen molar-refractivity contribution in [1.82, 2.24) is 15.7 Å². The molecule has 0 spiro atoms. The lowest BCUT2D eigenvalue weighted by atomic mass is 9.88. The highest BCUT2D eigenvalue weighted by Gasteiger charge is 2.45. The zero-order chi connectivity index (χ0) is 22.2. The fourth-order valence-electron chi connectivity index (χ4n) is 4.12. The third kappa shape index (κ3) is 3.87. The minimum Gasteiger partial charge on any atom is -0.346 e. The molecule has 3 N–H and O–H groups in total. The van der Waals surface area contributed by atoms with Crippen LogP contribution in [0.3, 0.4) is 0 Å². The quantitative estimate of drug-likeness (QED) is 0.654. The van der Waals surface area contributed by atoms with E-state index in [1.165, 1.54) is 13.0 Å². The molecule has 1 aromatic heterocycles. The summed E-state index contributed by atoms with van der Waals surface area (Å²) in [4.78, 5) is 40.3. The molecule has 158 valence electrons. The number of hydrogen-bond donors (Lipinski definition) is 3. The van der Waals surface area contributed by atoms with Crippen LogP contribution in [-0.2, 0) is 11.2 Å². The first-order valence-electron chi connectivity index (χ1n) is 9.55. The number of aromatic nitrogens is 1. The molecular formula is C20H22F2N5O3+. The van der Waals surface area contributed by atoms with Crippen LogP contribution in [0.15, 0.2) is 16.9 Å². The number of halogens is 2. The van der Waals surface area contributed by atoms with Gasteiger partial charge in [0.05, 0.1) is 29.0 Å². The molecule has 0 bridgehead atoms. The predicted octanol–water partition coefficient (Wildman–Crippen LogP) is 1.75. The molecule has 1 fully saturated rings. The number of nitriles is 1. The van der Waals surface area contributed by atoms with E-state index in [0.717, 1.165) is 6.07 Å². The fourth-order valence-corrected chi connectivity index (χ4v) is 4.12. The minimum atomic E-state index is -1.09. The third-order valence-corrected chi connectivity index (χ3v) is 5.58. The van der Waals surface area contributed by atoms with E-state index in [9.17, 15) is 23.3 Å². The van der Waals surface area contributed by atoms with Crippen molar-refractivity contribution in [3.8, 4) is 6.07 Å². The molecule has 1 saturated heterocycles. The molecule has 8 nitrogen and oxygen atoms in total. The Morgan fingerprint density at radius 2 is 2.13 bits per heavy atom. The van der Waals surface area contributed by atoms with E-state index in [-0.39, 0.29) is 34.4 Å². The van der Waals surface area contributed by atoms with Crippen molar-refractivity contribution in [3.05, 3.63) is 50.2 Å². The van der Waals surface area contributed by atoms with Crippen LogP contribution >= 0.6 is 0 Å². The topological polar surface area (TPSA) is 118 Å². The Morgan fingerprint density at radius 1 is 1.43 bits per heavy atom. The van der Waals surface area contributed by atoms with E-state index < -0.39 is 41.2 Å². The van der Waals surface area contributed by atoms with Crippen LogP contribution in [0, 0.1) is 40.7 Å². The summed E-state index contributed by atoms with van der Waals surface area (Å²) >= 11 is 0. The van der Waals surface area contributed by atoms with Crippen molar-refractivity contribution in [3.63, 3.8) is 0 Å². The normalized spacial score (nSPS) is 22.3. The molecule has 3 rings (SSSR count). The van der Waals surface area contributed by atoms with Gasteiger partial charge in [-0.2, -0.15) is 5.26 Å². The Labute approximate surface area is 170 Å². The van der Waals surface area contributed by atoms with E-state index in [2.05, 4.69) is 15.7 Å². The van der Waals surface area contributed by atoms with Crippen molar-refractivity contribution < 1.29 is 18.4 Å². The fraction of sp³-hybridized carbons (Fsp3) is 0.450. The van der Waals surface area contributed by atoms with Gasteiger partial charge in [-0.05, 0) is 38.0 Å². The molecule has 4 atom stereocenters. The zero-order valence-electron chi connectivity index (χ0n) is 16.8. The van der Waals surface area contributed by atoms with E-state index in [0.29, 0.717) is 11.3 Å². The summed E-state index contributed by atoms with van der Waals surface area (Å²) in [5, 5.41) is 11.6. The number of carbonyl (C=O) groups excluding carboxylic acids is 1. The second kappa shape index (κ2) is 8.18. The van der Waals surface area contributed by atoms with Gasteiger partial charge in [-0.3, -0.25) is 9.59 Å². The van der Waals surface area contributed by atoms with Gasteiger partial charge in [0.15, 0.2) is 17.7 Å². The Morgan fingerprint density at radius 3 is 2.77 bits per heavy atom. The molecule has 2 aromatic rings. The molecular weight excluding hydrogens is 396 g/mol. The average molecular weight is 418 g/mol. The van der Waals surface area contributed by atoms with Gasteiger partial charge in [0.25, 0.3) is 11.6 Å². The second-order valence-electron chi connectivity index (χ2n) is 7.71. The summed E-state index contributed by atoms with van der Waals surface area (Å²) < 4.78 is 27.9. The Kier molecular flexibility index (Phi) is 5.82. The van der Waals surface area contributed by atoms with E-state index >= 15 is 0 Å². The van der Waals surface area contributed by atoms with Crippen LogP contribution in [-0.4, -0.2) is 33.9 Å². The van der Waals surface area contributed by atoms with E-state index in [1.54, 1.807) is 6.92 Å². The number of pyridine rings is 1. The lowest BCUT2D eigenvalue weighted by molar-refractivity contribution is -0.663. The zero-order valence-corrected chi connectivity index (χ0v) is 16.8. The largest absolute Gasteiger partial charge is 0.346 e. The standard InChI is InChI=1S/C20H21F2N5O3/c1-9-6-12(8-23)26-27(30)19(9)11(3)24-16(28)7-13-10(2)17-15(25-20(13)29)5-4-14(21)18(17)22/h4-5,9,11-12,19H,6-7H2,1-3H3,(H2-,24,25,26,28,29,30)/p+1/t9?,11-,12?,19?/m0/s1. The number of hydrazine groups is 1. The number of rotatable bonds is 4. The van der Waals surface area contributed by atoms with Gasteiger partial charge in [0.2, 0.25) is 5.91 Å². The number of amides is 1. The average Bonchev–Trinajstić information content (AvgIpc) is 2.67. The highest BCUT2D eigenvalue weighted by atomic mass is 19.2. The van der Waals surface area contributed by atoms with E-state index in [1.807, 2.05) is 13.0 Å². The summed E-state index contributed by atoms with van der Waals surface area (Å²) in [7, 11) is 0. The Bertz CT molecular complexity index is 1120. The first kappa shape index (κ1) is 21.4. The number of H-pyrrole nitrogens is 1. The number of hydrogen-bond acceptors (Lipinski definition) is 4. The number of nitrogens with zero attached hydrogens (tertiary/aromatic N) is 2. The first-order chi connectivity index (χ1) is 14.1. The van der Waals surface area contributed by atoms with Gasteiger partial charge < -0.3 is 10.3 Å². The lowest BCUT2D eigenvalue weighted by Crippen LogP contribution is -2.59. The highest BCUT2D eigenvalue weighted by Crippen LogP contribution is 2.24. The number of aromatic amines is 1. The molecule has 1 aliphatic rings. The molecule has 1 aromatic carbocycles. The third-order valence-electron chi connectivity index (χ3n) is 5.58. The molecule has 2 heterocycles. The van der Waals surface area contributed by atoms with Crippen LogP contribution in [0.1, 0.15) is 31.4 Å². The maximum Gasteiger partial charge on any atom is 0.256 e. The number of benzene rings is 1. The summed E-state index contributed by atoms with van der Waals surface area (Å²) in [6, 6.07) is 2.41. The summed E-state index contributed by atoms with van der Waals surface area (Å²) in [5.41, 5.74) is 2.32. The Balaban J connectivity index is 1.81. The van der Waals surface area contributed by atoms with Gasteiger partial charge in [-0.1, -0.05) is 6.92 Å². The molecule has 30 heavy (non-hydrogen) atoms. The molecule has 0 aliphatic carbocycles. The van der Waals surface area contributed by atoms with E-state index in [4.69, 9.17) is 5.26 Å². The van der Waals surface area contributed by atoms with Crippen LogP contribution in [0.4, 0.5) is 8.78 Å². The van der Waals surface area contributed by atoms with Gasteiger partial charge in [-0.15, -0.1) is 5.43 Å². The van der Waals surface area contributed by atoms with Crippen LogP contribution in [0.25, 0.3) is 10.9 Å². The van der Waals surface area contributed by atoms with Crippen molar-refractivity contribution in [2.24, 2.45) is 5.92 Å². The predicted molar refractivity (Wildman–Crippen MR) is 104 cm³/mol. The first-order valence-corrected chi connectivity index (χ1v) is 9.55. The maximum absolute atomic E-state index is 14.2. The summed E-state index contributed by atoms with van der Waals surface area (Å²) in [6.07, 6.45) is 0.0972. The molecule has 0 saturated carbocycles. The van der Waals surface area contributed by atoms with Gasteiger partial charge in [-0.25, -0.2) is 8.78 Å². The van der Waals surface area contributed by atoms with Gasteiger partial charge >= 0.3 is 0 Å². The number of carbonyl (C=O) groups is 1. The molecule has 0 radical (unpaired) electrons. The van der Waals surface area contributed by atoms with Crippen molar-refractivity contribution in [2.45, 2.75) is 51.7 Å². The minimum absolute atomic E-state index is 0.0232.